The summed E-state index contributed by atoms with van der Waals surface area (Å²) in [5.41, 5.74) is 0. The van der Waals surface area contributed by atoms with E-state index < -0.39 is 0 Å². The molecule has 1 saturated heterocycles. The second-order valence-electron chi connectivity index (χ2n) is 4.13. The molecule has 0 aromatic carbocycles. The van der Waals surface area contributed by atoms with E-state index in [2.05, 4.69) is 14.1 Å². The summed E-state index contributed by atoms with van der Waals surface area (Å²) < 4.78 is 5.75. The number of carbonyl (C=O) groups is 1. The number of piperidine rings is 1. The summed E-state index contributed by atoms with van der Waals surface area (Å²) in [6, 6.07) is 0.279. The van der Waals surface area contributed by atoms with Gasteiger partial charge in [0, 0.05) is 6.08 Å². The van der Waals surface area contributed by atoms with Crippen molar-refractivity contribution in [2.45, 2.75) is 18.9 Å². The second kappa shape index (κ2) is 3.92. The number of methoxy groups -OCH3 is 1. The maximum Gasteiger partial charge on any atom is 0.144 e. The van der Waals surface area contributed by atoms with Gasteiger partial charge in [-0.3, -0.25) is 4.79 Å². The summed E-state index contributed by atoms with van der Waals surface area (Å²) >= 11 is 0. The fraction of sp³-hybridized carbons (Fsp3) is 0.700. The molecule has 3 nitrogen and oxygen atoms in total. The fourth-order valence-corrected chi connectivity index (χ4v) is 1.63. The third kappa shape index (κ3) is 2.56. The van der Waals surface area contributed by atoms with Crippen LogP contribution in [-0.2, 0) is 9.53 Å². The van der Waals surface area contributed by atoms with E-state index in [1.807, 2.05) is 6.08 Å². The Morgan fingerprint density at radius 1 is 1.54 bits per heavy atom. The maximum atomic E-state index is 11.2. The molecule has 0 radical (unpaired) electrons. The molecular weight excluding hydrogens is 166 g/mol. The number of ketones is 1. The van der Waals surface area contributed by atoms with E-state index in [4.69, 9.17) is 4.74 Å². The van der Waals surface area contributed by atoms with E-state index in [-0.39, 0.29) is 6.04 Å². The lowest BCUT2D eigenvalue weighted by Crippen LogP contribution is -2.53. The number of likely N-dealkylation sites (tertiary alicyclic amines) is 1. The van der Waals surface area contributed by atoms with Gasteiger partial charge < -0.3 is 9.22 Å². The monoisotopic (exact) mass is 184 g/mol. The highest BCUT2D eigenvalue weighted by Crippen LogP contribution is 2.20. The molecule has 0 N–H and O–H groups in total. The molecule has 1 fully saturated rings. The van der Waals surface area contributed by atoms with Gasteiger partial charge in [0.1, 0.15) is 11.8 Å². The molecule has 13 heavy (non-hydrogen) atoms. The molecule has 74 valence electrons. The lowest BCUT2D eigenvalue weighted by molar-refractivity contribution is -0.909. The summed E-state index contributed by atoms with van der Waals surface area (Å²) in [5.74, 6) is 0.364. The zero-order valence-corrected chi connectivity index (χ0v) is 8.62. The maximum absolute atomic E-state index is 11.2. The summed E-state index contributed by atoms with van der Waals surface area (Å²) in [5, 5.41) is 0. The Morgan fingerprint density at radius 3 is 2.85 bits per heavy atom. The van der Waals surface area contributed by atoms with Crippen LogP contribution in [-0.4, -0.2) is 44.1 Å². The minimum absolute atomic E-state index is 0.279. The van der Waals surface area contributed by atoms with Crippen LogP contribution in [0, 0.1) is 0 Å². The SMILES string of the molecule is CO/C=C/C1CC(=O)CC[N+]1(C)C. The van der Waals surface area contributed by atoms with Crippen molar-refractivity contribution in [2.24, 2.45) is 0 Å². The van der Waals surface area contributed by atoms with Crippen LogP contribution < -0.4 is 0 Å². The summed E-state index contributed by atoms with van der Waals surface area (Å²) in [6.07, 6.45) is 5.01. The average Bonchev–Trinajstić information content (AvgIpc) is 2.07. The van der Waals surface area contributed by atoms with Crippen LogP contribution >= 0.6 is 0 Å². The van der Waals surface area contributed by atoms with Crippen molar-refractivity contribution in [1.82, 2.24) is 0 Å². The zero-order chi connectivity index (χ0) is 9.90. The number of Topliss-reactive ketones (excluding diaryl/α,β-unsaturated/α-hetero) is 1. The van der Waals surface area contributed by atoms with Gasteiger partial charge in [0.2, 0.25) is 0 Å². The third-order valence-electron chi connectivity index (χ3n) is 2.74. The Morgan fingerprint density at radius 2 is 2.23 bits per heavy atom. The van der Waals surface area contributed by atoms with E-state index in [1.165, 1.54) is 0 Å². The molecule has 0 bridgehead atoms. The van der Waals surface area contributed by atoms with Crippen LogP contribution in [0.3, 0.4) is 0 Å². The van der Waals surface area contributed by atoms with E-state index >= 15 is 0 Å². The number of hydrogen-bond donors (Lipinski definition) is 0. The average molecular weight is 184 g/mol. The normalized spacial score (nSPS) is 27.9. The first kappa shape index (κ1) is 10.3. The summed E-state index contributed by atoms with van der Waals surface area (Å²) in [6.45, 7) is 0.928. The van der Waals surface area contributed by atoms with Crippen LogP contribution in [0.1, 0.15) is 12.8 Å². The van der Waals surface area contributed by atoms with Gasteiger partial charge in [-0.05, 0) is 0 Å². The number of nitrogens with zero attached hydrogens (tertiary/aromatic N) is 1. The van der Waals surface area contributed by atoms with E-state index in [1.54, 1.807) is 13.4 Å². The molecule has 0 aliphatic carbocycles. The molecular formula is C10H18NO2+. The number of ether oxygens (including phenoxy) is 1. The quantitative estimate of drug-likeness (QED) is 0.472. The van der Waals surface area contributed by atoms with E-state index in [0.717, 1.165) is 11.0 Å². The first-order valence-corrected chi connectivity index (χ1v) is 4.60. The van der Waals surface area contributed by atoms with Crippen molar-refractivity contribution in [2.75, 3.05) is 27.7 Å². The molecule has 1 unspecified atom stereocenters. The van der Waals surface area contributed by atoms with E-state index in [0.29, 0.717) is 18.6 Å². The third-order valence-corrected chi connectivity index (χ3v) is 2.74. The predicted molar refractivity (Wildman–Crippen MR) is 51.2 cm³/mol. The second-order valence-corrected chi connectivity index (χ2v) is 4.13. The van der Waals surface area contributed by atoms with Crippen LogP contribution in [0.4, 0.5) is 0 Å². The molecule has 1 heterocycles. The molecule has 0 aromatic heterocycles. The molecule has 0 amide bonds. The van der Waals surface area contributed by atoms with Gasteiger partial charge in [0.25, 0.3) is 0 Å². The molecule has 0 aromatic rings. The Bertz CT molecular complexity index is 221. The highest BCUT2D eigenvalue weighted by molar-refractivity contribution is 5.79. The highest BCUT2D eigenvalue weighted by atomic mass is 16.5. The number of rotatable bonds is 2. The van der Waals surface area contributed by atoms with Crippen molar-refractivity contribution >= 4 is 5.78 Å². The van der Waals surface area contributed by atoms with Gasteiger partial charge in [-0.15, -0.1) is 0 Å². The fourth-order valence-electron chi connectivity index (χ4n) is 1.63. The summed E-state index contributed by atoms with van der Waals surface area (Å²) in [4.78, 5) is 11.2. The Labute approximate surface area is 79.6 Å². The van der Waals surface area contributed by atoms with Gasteiger partial charge in [-0.1, -0.05) is 0 Å². The number of quaternary nitrogens is 1. The van der Waals surface area contributed by atoms with Gasteiger partial charge in [0.05, 0.1) is 46.9 Å². The zero-order valence-electron chi connectivity index (χ0n) is 8.62. The highest BCUT2D eigenvalue weighted by Gasteiger charge is 2.33. The minimum atomic E-state index is 0.279. The Balaban J connectivity index is 2.66. The molecule has 3 heteroatoms. The van der Waals surface area contributed by atoms with Crippen molar-refractivity contribution in [3.63, 3.8) is 0 Å². The van der Waals surface area contributed by atoms with Gasteiger partial charge in [0.15, 0.2) is 0 Å². The van der Waals surface area contributed by atoms with Crippen LogP contribution in [0.25, 0.3) is 0 Å². The molecule has 0 saturated carbocycles. The first-order valence-electron chi connectivity index (χ1n) is 4.60. The number of carbonyl (C=O) groups excluding carboxylic acids is 1. The molecule has 1 aliphatic heterocycles. The van der Waals surface area contributed by atoms with Gasteiger partial charge >= 0.3 is 0 Å². The smallest absolute Gasteiger partial charge is 0.144 e. The van der Waals surface area contributed by atoms with Crippen LogP contribution in [0.2, 0.25) is 0 Å². The Hall–Kier alpha value is -0.830. The van der Waals surface area contributed by atoms with E-state index in [9.17, 15) is 4.79 Å². The minimum Gasteiger partial charge on any atom is -0.504 e. The summed E-state index contributed by atoms with van der Waals surface area (Å²) in [7, 11) is 5.93. The Kier molecular flexibility index (Phi) is 3.09. The first-order chi connectivity index (χ1) is 6.06. The van der Waals surface area contributed by atoms with Crippen LogP contribution in [0.5, 0.6) is 0 Å². The van der Waals surface area contributed by atoms with Crippen molar-refractivity contribution in [3.05, 3.63) is 12.3 Å². The lowest BCUT2D eigenvalue weighted by Gasteiger charge is -2.39. The predicted octanol–water partition coefficient (Wildman–Crippen LogP) is 0.954. The largest absolute Gasteiger partial charge is 0.504 e. The molecule has 1 aliphatic rings. The van der Waals surface area contributed by atoms with Gasteiger partial charge in [-0.25, -0.2) is 0 Å². The lowest BCUT2D eigenvalue weighted by atomic mass is 9.99. The molecule has 1 atom stereocenters. The molecule has 1 rings (SSSR count). The van der Waals surface area contributed by atoms with Gasteiger partial charge in [-0.2, -0.15) is 0 Å². The van der Waals surface area contributed by atoms with Crippen molar-refractivity contribution < 1.29 is 14.0 Å². The van der Waals surface area contributed by atoms with Crippen molar-refractivity contribution in [1.29, 1.82) is 0 Å². The topological polar surface area (TPSA) is 26.3 Å². The number of hydrogen-bond acceptors (Lipinski definition) is 2. The number of likely N-dealkylation sites (N-methyl/N-ethyl adjacent to an activating group) is 1. The standard InChI is InChI=1S/C10H18NO2/c1-11(2)6-4-10(12)8-9(11)5-7-13-3/h5,7,9H,4,6,8H2,1-3H3/q+1/b7-5+. The van der Waals surface area contributed by atoms with Crippen molar-refractivity contribution in [3.8, 4) is 0 Å². The van der Waals surface area contributed by atoms with Crippen LogP contribution in [0.15, 0.2) is 12.3 Å². The molecule has 0 spiro atoms.